The van der Waals surface area contributed by atoms with Gasteiger partial charge in [-0.25, -0.2) is 4.98 Å². The molecular weight excluding hydrogens is 842 g/mol. The van der Waals surface area contributed by atoms with Gasteiger partial charge in [0.2, 0.25) is 0 Å². The molecule has 0 amide bonds. The van der Waals surface area contributed by atoms with Gasteiger partial charge in [0, 0.05) is 22.7 Å². The summed E-state index contributed by atoms with van der Waals surface area (Å²) in [7, 11) is 0. The number of pyridine rings is 2. The molecular formula is C48H35N5Pt. The fourth-order valence-electron chi connectivity index (χ4n) is 7.72. The van der Waals surface area contributed by atoms with Gasteiger partial charge in [0.15, 0.2) is 0 Å². The van der Waals surface area contributed by atoms with E-state index >= 15 is 0 Å². The van der Waals surface area contributed by atoms with Crippen molar-refractivity contribution >= 4 is 71.7 Å². The quantitative estimate of drug-likeness (QED) is 0.162. The first-order valence-corrected chi connectivity index (χ1v) is 18.0. The Balaban J connectivity index is 0.00000384. The molecule has 4 heterocycles. The molecule has 0 unspecified atom stereocenters. The van der Waals surface area contributed by atoms with Gasteiger partial charge in [0.1, 0.15) is 5.82 Å². The first kappa shape index (κ1) is 33.8. The predicted octanol–water partition coefficient (Wildman–Crippen LogP) is 12.2. The smallest absolute Gasteiger partial charge is 0.656 e. The summed E-state index contributed by atoms with van der Waals surface area (Å²) in [5.41, 5.74) is 11.1. The standard InChI is InChI=1S/C48H35N5.Pt/c1-48(2,3)33-22-24-40-38(30-33)37-23-26-42-45(46(37)51-40)47-43(52(42)34-16-5-4-6-17-34)27-25-39(50-47)32-15-11-18-35(29-32)53(44-21-9-10-28-49-44)41-20-12-14-31-13-7-8-19-36(31)41;/h4-28,30H,1-3H3;/q-2;+2. The number of para-hydroxylation sites is 1. The summed E-state index contributed by atoms with van der Waals surface area (Å²) in [6, 6.07) is 56.9. The molecule has 54 heavy (non-hydrogen) atoms. The average Bonchev–Trinajstić information content (AvgIpc) is 3.74. The minimum absolute atomic E-state index is 0. The maximum Gasteiger partial charge on any atom is 2.00 e. The molecule has 0 bridgehead atoms. The minimum atomic E-state index is 0. The van der Waals surface area contributed by atoms with E-state index < -0.39 is 0 Å². The topological polar surface area (TPSA) is 48.1 Å². The van der Waals surface area contributed by atoms with Crippen molar-refractivity contribution in [1.82, 2.24) is 19.5 Å². The molecule has 10 aromatic rings. The van der Waals surface area contributed by atoms with E-state index in [0.717, 1.165) is 77.9 Å². The first-order chi connectivity index (χ1) is 25.9. The minimum Gasteiger partial charge on any atom is -0.656 e. The molecule has 0 radical (unpaired) electrons. The number of nitrogens with zero attached hydrogens (tertiary/aromatic N) is 5. The molecule has 0 atom stereocenters. The number of aromatic nitrogens is 4. The van der Waals surface area contributed by atoms with Gasteiger partial charge < -0.3 is 14.5 Å². The van der Waals surface area contributed by atoms with Gasteiger partial charge >= 0.3 is 21.1 Å². The van der Waals surface area contributed by atoms with Crippen LogP contribution in [0.4, 0.5) is 17.2 Å². The van der Waals surface area contributed by atoms with Crippen LogP contribution in [-0.4, -0.2) is 14.5 Å². The molecule has 0 saturated heterocycles. The zero-order valence-corrected chi connectivity index (χ0v) is 32.3. The molecule has 6 aromatic carbocycles. The Hall–Kier alpha value is -6.03. The van der Waals surface area contributed by atoms with E-state index in [1.807, 2.05) is 24.4 Å². The van der Waals surface area contributed by atoms with E-state index in [1.54, 1.807) is 0 Å². The number of anilines is 3. The zero-order valence-electron chi connectivity index (χ0n) is 30.1. The Morgan fingerprint density at radius 1 is 0.667 bits per heavy atom. The number of hydrogen-bond donors (Lipinski definition) is 0. The number of rotatable bonds is 5. The van der Waals surface area contributed by atoms with E-state index in [0.29, 0.717) is 0 Å². The van der Waals surface area contributed by atoms with Crippen LogP contribution in [-0.2, 0) is 26.5 Å². The third-order valence-electron chi connectivity index (χ3n) is 10.3. The van der Waals surface area contributed by atoms with Crippen LogP contribution in [0.5, 0.6) is 0 Å². The normalized spacial score (nSPS) is 11.8. The molecule has 0 N–H and O–H groups in total. The van der Waals surface area contributed by atoms with Crippen LogP contribution in [0.25, 0.3) is 71.5 Å². The number of benzene rings is 6. The molecule has 0 aliphatic rings. The van der Waals surface area contributed by atoms with Crippen LogP contribution >= 0.6 is 0 Å². The van der Waals surface area contributed by atoms with Crippen molar-refractivity contribution in [2.75, 3.05) is 4.90 Å². The summed E-state index contributed by atoms with van der Waals surface area (Å²) in [4.78, 5) is 17.7. The maximum atomic E-state index is 5.47. The van der Waals surface area contributed by atoms with Crippen molar-refractivity contribution in [3.63, 3.8) is 0 Å². The van der Waals surface area contributed by atoms with Crippen molar-refractivity contribution in [1.29, 1.82) is 0 Å². The molecule has 0 aliphatic carbocycles. The summed E-state index contributed by atoms with van der Waals surface area (Å²) in [6.07, 6.45) is 1.83. The van der Waals surface area contributed by atoms with Crippen molar-refractivity contribution in [2.45, 2.75) is 26.2 Å². The van der Waals surface area contributed by atoms with E-state index in [2.05, 4.69) is 170 Å². The van der Waals surface area contributed by atoms with Crippen LogP contribution in [0.3, 0.4) is 0 Å². The summed E-state index contributed by atoms with van der Waals surface area (Å²) in [5, 5.41) is 5.68. The predicted molar refractivity (Wildman–Crippen MR) is 220 cm³/mol. The molecule has 0 spiro atoms. The van der Waals surface area contributed by atoms with Crippen LogP contribution in [0.2, 0.25) is 0 Å². The van der Waals surface area contributed by atoms with Gasteiger partial charge in [-0.1, -0.05) is 112 Å². The Morgan fingerprint density at radius 3 is 2.28 bits per heavy atom. The van der Waals surface area contributed by atoms with E-state index in [-0.39, 0.29) is 26.5 Å². The largest absolute Gasteiger partial charge is 2.00 e. The van der Waals surface area contributed by atoms with Crippen molar-refractivity contribution < 1.29 is 21.1 Å². The van der Waals surface area contributed by atoms with Crippen LogP contribution in [0.1, 0.15) is 26.3 Å². The van der Waals surface area contributed by atoms with Crippen LogP contribution < -0.4 is 9.88 Å². The van der Waals surface area contributed by atoms with Gasteiger partial charge in [-0.2, -0.15) is 0 Å². The third kappa shape index (κ3) is 5.50. The van der Waals surface area contributed by atoms with Gasteiger partial charge in [0.05, 0.1) is 22.2 Å². The SMILES string of the molecule is CC(C)(C)c1ccc2[n-]c3c(ccc4c3c3nc(-c5[c-]c(N(c6ccccn6)c6cccc7ccccc67)ccc5)ccc3n4-c3ccccc3)c2c1.[Pt+2]. The monoisotopic (exact) mass is 876 g/mol. The van der Waals surface area contributed by atoms with Crippen LogP contribution in [0.15, 0.2) is 158 Å². The van der Waals surface area contributed by atoms with Gasteiger partial charge in [-0.05, 0) is 81.0 Å². The third-order valence-corrected chi connectivity index (χ3v) is 10.3. The number of fused-ring (bicyclic) bond motifs is 8. The fraction of sp³-hybridized carbons (Fsp3) is 0.0833. The molecule has 0 saturated carbocycles. The van der Waals surface area contributed by atoms with Gasteiger partial charge in [0.25, 0.3) is 0 Å². The molecule has 6 heteroatoms. The number of hydrogen-bond acceptors (Lipinski definition) is 3. The molecule has 0 aliphatic heterocycles. The van der Waals surface area contributed by atoms with Crippen LogP contribution in [0, 0.1) is 6.07 Å². The zero-order chi connectivity index (χ0) is 35.7. The average molecular weight is 877 g/mol. The van der Waals surface area contributed by atoms with E-state index in [1.165, 1.54) is 16.3 Å². The van der Waals surface area contributed by atoms with Crippen molar-refractivity contribution in [3.05, 3.63) is 169 Å². The molecule has 262 valence electrons. The van der Waals surface area contributed by atoms with E-state index in [4.69, 9.17) is 15.0 Å². The molecule has 5 nitrogen and oxygen atoms in total. The molecule has 0 fully saturated rings. The Kier molecular flexibility index (Phi) is 8.21. The second-order valence-electron chi connectivity index (χ2n) is 14.7. The second-order valence-corrected chi connectivity index (χ2v) is 14.7. The summed E-state index contributed by atoms with van der Waals surface area (Å²) >= 11 is 0. The summed E-state index contributed by atoms with van der Waals surface area (Å²) in [5.74, 6) is 0.818. The van der Waals surface area contributed by atoms with Crippen molar-refractivity contribution in [3.8, 4) is 16.9 Å². The second kappa shape index (κ2) is 13.1. The van der Waals surface area contributed by atoms with Crippen molar-refractivity contribution in [2.24, 2.45) is 0 Å². The maximum absolute atomic E-state index is 5.47. The van der Waals surface area contributed by atoms with Gasteiger partial charge in [-0.15, -0.1) is 40.9 Å². The Bertz CT molecular complexity index is 2990. The molecule has 4 aromatic heterocycles. The summed E-state index contributed by atoms with van der Waals surface area (Å²) < 4.78 is 2.31. The Morgan fingerprint density at radius 2 is 1.44 bits per heavy atom. The summed E-state index contributed by atoms with van der Waals surface area (Å²) in [6.45, 7) is 6.77. The Labute approximate surface area is 328 Å². The van der Waals surface area contributed by atoms with Gasteiger partial charge in [-0.3, -0.25) is 4.98 Å². The van der Waals surface area contributed by atoms with E-state index in [9.17, 15) is 0 Å². The first-order valence-electron chi connectivity index (χ1n) is 18.0. The molecule has 10 rings (SSSR count). The fourth-order valence-corrected chi connectivity index (χ4v) is 7.72.